The number of aromatic nitrogens is 2. The minimum Gasteiger partial charge on any atom is -0.317 e. The van der Waals surface area contributed by atoms with Crippen LogP contribution in [0, 0.1) is 6.92 Å². The maximum absolute atomic E-state index is 4.33. The summed E-state index contributed by atoms with van der Waals surface area (Å²) in [5.74, 6) is 0. The summed E-state index contributed by atoms with van der Waals surface area (Å²) in [6.07, 6.45) is 4.31. The first-order valence-corrected chi connectivity index (χ1v) is 4.59. The predicted octanol–water partition coefficient (Wildman–Crippen LogP) is 1.12. The van der Waals surface area contributed by atoms with Crippen molar-refractivity contribution in [2.24, 2.45) is 0 Å². The number of aryl methyl sites for hydroxylation is 1. The summed E-state index contributed by atoms with van der Waals surface area (Å²) in [5, 5.41) is 7.68. The zero-order chi connectivity index (χ0) is 8.39. The molecule has 0 aliphatic carbocycles. The Morgan fingerprint density at radius 3 is 2.83 bits per heavy atom. The quantitative estimate of drug-likeness (QED) is 0.675. The van der Waals surface area contributed by atoms with E-state index in [1.54, 1.807) is 0 Å². The molecule has 0 spiro atoms. The molecule has 0 atom stereocenters. The van der Waals surface area contributed by atoms with Crippen LogP contribution in [-0.4, -0.2) is 22.9 Å². The zero-order valence-electron chi connectivity index (χ0n) is 7.45. The molecule has 1 aliphatic heterocycles. The molecule has 12 heavy (non-hydrogen) atoms. The number of piperidine rings is 1. The predicted molar refractivity (Wildman–Crippen MR) is 48.1 cm³/mol. The van der Waals surface area contributed by atoms with Crippen molar-refractivity contribution in [2.45, 2.75) is 25.8 Å². The van der Waals surface area contributed by atoms with Gasteiger partial charge in [-0.1, -0.05) is 0 Å². The summed E-state index contributed by atoms with van der Waals surface area (Å²) < 4.78 is 2.15. The second-order valence-corrected chi connectivity index (χ2v) is 3.40. The number of nitrogens with one attached hydrogen (secondary N) is 1. The molecule has 2 rings (SSSR count). The van der Waals surface area contributed by atoms with E-state index in [2.05, 4.69) is 28.1 Å². The highest BCUT2D eigenvalue weighted by atomic mass is 15.3. The van der Waals surface area contributed by atoms with Gasteiger partial charge in [-0.3, -0.25) is 4.68 Å². The molecule has 0 radical (unpaired) electrons. The molecule has 1 fully saturated rings. The lowest BCUT2D eigenvalue weighted by atomic mass is 10.1. The fourth-order valence-corrected chi connectivity index (χ4v) is 1.81. The fraction of sp³-hybridized carbons (Fsp3) is 0.667. The number of hydrogen-bond acceptors (Lipinski definition) is 2. The van der Waals surface area contributed by atoms with Crippen LogP contribution in [0.5, 0.6) is 0 Å². The van der Waals surface area contributed by atoms with Gasteiger partial charge in [0.15, 0.2) is 0 Å². The second kappa shape index (κ2) is 3.27. The van der Waals surface area contributed by atoms with E-state index in [4.69, 9.17) is 0 Å². The summed E-state index contributed by atoms with van der Waals surface area (Å²) in [6.45, 7) is 4.38. The van der Waals surface area contributed by atoms with Gasteiger partial charge in [-0.15, -0.1) is 0 Å². The van der Waals surface area contributed by atoms with Gasteiger partial charge in [0.25, 0.3) is 0 Å². The first-order chi connectivity index (χ1) is 5.88. The van der Waals surface area contributed by atoms with Gasteiger partial charge in [-0.05, 0) is 38.9 Å². The molecule has 0 aromatic carbocycles. The summed E-state index contributed by atoms with van der Waals surface area (Å²) >= 11 is 0. The van der Waals surface area contributed by atoms with E-state index in [-0.39, 0.29) is 0 Å². The molecule has 1 aromatic rings. The van der Waals surface area contributed by atoms with E-state index in [1.165, 1.54) is 18.5 Å². The van der Waals surface area contributed by atoms with Gasteiger partial charge < -0.3 is 5.32 Å². The molecule has 0 unspecified atom stereocenters. The number of nitrogens with zero attached hydrogens (tertiary/aromatic N) is 2. The van der Waals surface area contributed by atoms with Crippen molar-refractivity contribution < 1.29 is 0 Å². The molecule has 66 valence electrons. The molecule has 1 N–H and O–H groups in total. The van der Waals surface area contributed by atoms with Crippen molar-refractivity contribution in [1.29, 1.82) is 0 Å². The lowest BCUT2D eigenvalue weighted by Crippen LogP contribution is -2.30. The molecule has 1 aromatic heterocycles. The smallest absolute Gasteiger partial charge is 0.0546 e. The van der Waals surface area contributed by atoms with Crippen LogP contribution in [0.3, 0.4) is 0 Å². The lowest BCUT2D eigenvalue weighted by molar-refractivity contribution is 0.338. The van der Waals surface area contributed by atoms with Crippen LogP contribution < -0.4 is 5.32 Å². The second-order valence-electron chi connectivity index (χ2n) is 3.40. The zero-order valence-corrected chi connectivity index (χ0v) is 7.45. The Labute approximate surface area is 72.8 Å². The van der Waals surface area contributed by atoms with Gasteiger partial charge in [0.1, 0.15) is 0 Å². The van der Waals surface area contributed by atoms with Crippen molar-refractivity contribution in [1.82, 2.24) is 15.1 Å². The summed E-state index contributed by atoms with van der Waals surface area (Å²) in [7, 11) is 0. The summed E-state index contributed by atoms with van der Waals surface area (Å²) in [5.41, 5.74) is 1.28. The van der Waals surface area contributed by atoms with E-state index >= 15 is 0 Å². The Bertz CT molecular complexity index is 248. The van der Waals surface area contributed by atoms with Crippen LogP contribution in [-0.2, 0) is 0 Å². The van der Waals surface area contributed by atoms with Crippen molar-refractivity contribution in [3.05, 3.63) is 18.0 Å². The van der Waals surface area contributed by atoms with Crippen LogP contribution in [0.4, 0.5) is 0 Å². The Kier molecular flexibility index (Phi) is 2.13. The normalized spacial score (nSPS) is 19.8. The Morgan fingerprint density at radius 1 is 1.50 bits per heavy atom. The van der Waals surface area contributed by atoms with Crippen molar-refractivity contribution in [2.75, 3.05) is 13.1 Å². The minimum absolute atomic E-state index is 0.626. The molecule has 3 heteroatoms. The fourth-order valence-electron chi connectivity index (χ4n) is 1.81. The summed E-state index contributed by atoms with van der Waals surface area (Å²) in [4.78, 5) is 0. The van der Waals surface area contributed by atoms with Crippen LogP contribution in [0.2, 0.25) is 0 Å². The third-order valence-electron chi connectivity index (χ3n) is 2.52. The first kappa shape index (κ1) is 7.80. The molecule has 0 amide bonds. The Hall–Kier alpha value is -0.830. The first-order valence-electron chi connectivity index (χ1n) is 4.59. The lowest BCUT2D eigenvalue weighted by Gasteiger charge is -2.23. The third kappa shape index (κ3) is 1.37. The van der Waals surface area contributed by atoms with Gasteiger partial charge in [0, 0.05) is 11.9 Å². The molecule has 3 nitrogen and oxygen atoms in total. The molecule has 0 saturated carbocycles. The monoisotopic (exact) mass is 165 g/mol. The molecule has 1 saturated heterocycles. The summed E-state index contributed by atoms with van der Waals surface area (Å²) in [6, 6.07) is 2.70. The molecule has 0 bridgehead atoms. The highest BCUT2D eigenvalue weighted by molar-refractivity contribution is 4.98. The van der Waals surface area contributed by atoms with Crippen LogP contribution in [0.15, 0.2) is 12.3 Å². The van der Waals surface area contributed by atoms with Gasteiger partial charge in [0.2, 0.25) is 0 Å². The maximum Gasteiger partial charge on any atom is 0.0546 e. The van der Waals surface area contributed by atoms with E-state index in [9.17, 15) is 0 Å². The van der Waals surface area contributed by atoms with Crippen molar-refractivity contribution in [3.63, 3.8) is 0 Å². The maximum atomic E-state index is 4.33. The molecule has 1 aliphatic rings. The Balaban J connectivity index is 2.13. The SMILES string of the molecule is Cc1ccnn1C1CCNCC1. The Morgan fingerprint density at radius 2 is 2.25 bits per heavy atom. The highest BCUT2D eigenvalue weighted by Crippen LogP contribution is 2.18. The van der Waals surface area contributed by atoms with Crippen LogP contribution in [0.1, 0.15) is 24.6 Å². The van der Waals surface area contributed by atoms with Gasteiger partial charge >= 0.3 is 0 Å². The van der Waals surface area contributed by atoms with Gasteiger partial charge in [-0.25, -0.2) is 0 Å². The van der Waals surface area contributed by atoms with Crippen molar-refractivity contribution >= 4 is 0 Å². The van der Waals surface area contributed by atoms with E-state index in [0.29, 0.717) is 6.04 Å². The largest absolute Gasteiger partial charge is 0.317 e. The van der Waals surface area contributed by atoms with Crippen LogP contribution >= 0.6 is 0 Å². The average molecular weight is 165 g/mol. The van der Waals surface area contributed by atoms with E-state index in [1.807, 2.05) is 6.20 Å². The molecule has 2 heterocycles. The van der Waals surface area contributed by atoms with Crippen LogP contribution in [0.25, 0.3) is 0 Å². The standard InChI is InChI=1S/C9H15N3/c1-8-2-7-11-12(8)9-3-5-10-6-4-9/h2,7,9-10H,3-6H2,1H3. The number of rotatable bonds is 1. The highest BCUT2D eigenvalue weighted by Gasteiger charge is 2.15. The van der Waals surface area contributed by atoms with Gasteiger partial charge in [0.05, 0.1) is 6.04 Å². The molecular weight excluding hydrogens is 150 g/mol. The number of hydrogen-bond donors (Lipinski definition) is 1. The van der Waals surface area contributed by atoms with Gasteiger partial charge in [-0.2, -0.15) is 5.10 Å². The average Bonchev–Trinajstić information content (AvgIpc) is 2.53. The van der Waals surface area contributed by atoms with Crippen molar-refractivity contribution in [3.8, 4) is 0 Å². The topological polar surface area (TPSA) is 29.9 Å². The van der Waals surface area contributed by atoms with E-state index in [0.717, 1.165) is 13.1 Å². The third-order valence-corrected chi connectivity index (χ3v) is 2.52. The minimum atomic E-state index is 0.626. The molecular formula is C9H15N3. The van der Waals surface area contributed by atoms with E-state index < -0.39 is 0 Å².